The van der Waals surface area contributed by atoms with E-state index in [1.807, 2.05) is 0 Å². The van der Waals surface area contributed by atoms with Crippen LogP contribution in [0.15, 0.2) is 22.7 Å². The number of sulfonamides is 1. The van der Waals surface area contributed by atoms with Crippen LogP contribution < -0.4 is 4.31 Å². The molecule has 1 heterocycles. The Morgan fingerprint density at radius 3 is 2.58 bits per heavy atom. The normalized spacial score (nSPS) is 19.1. The molecule has 134 valence electrons. The maximum atomic E-state index is 13.1. The smallest absolute Gasteiger partial charge is 0.425 e. The van der Waals surface area contributed by atoms with Gasteiger partial charge < -0.3 is 4.74 Å². The molecule has 0 bridgehead atoms. The number of ether oxygens (including phenoxy) is 1. The number of alkyl halides is 3. The van der Waals surface area contributed by atoms with Gasteiger partial charge >= 0.3 is 12.1 Å². The van der Waals surface area contributed by atoms with Gasteiger partial charge in [0.25, 0.3) is 0 Å². The Kier molecular flexibility index (Phi) is 5.19. The Hall–Kier alpha value is -1.29. The second kappa shape index (κ2) is 6.55. The van der Waals surface area contributed by atoms with E-state index in [4.69, 9.17) is 0 Å². The first-order chi connectivity index (χ1) is 10.9. The van der Waals surface area contributed by atoms with Crippen molar-refractivity contribution in [2.24, 2.45) is 0 Å². The van der Waals surface area contributed by atoms with Gasteiger partial charge in [0.05, 0.1) is 11.9 Å². The lowest BCUT2D eigenvalue weighted by Crippen LogP contribution is -2.36. The maximum Gasteiger partial charge on any atom is 0.425 e. The lowest BCUT2D eigenvalue weighted by atomic mass is 9.95. The Balaban J connectivity index is 2.38. The summed E-state index contributed by atoms with van der Waals surface area (Å²) < 4.78 is 69.2. The number of halogens is 4. The fourth-order valence-electron chi connectivity index (χ4n) is 2.70. The van der Waals surface area contributed by atoms with Gasteiger partial charge in [-0.05, 0) is 23.8 Å². The molecule has 0 saturated carbocycles. The number of hydrogen-bond acceptors (Lipinski definition) is 4. The number of fused-ring (bicyclic) bond motifs is 1. The number of hydrogen-bond donors (Lipinski definition) is 0. The molecule has 1 aliphatic rings. The van der Waals surface area contributed by atoms with Gasteiger partial charge in [-0.15, -0.1) is 0 Å². The number of carbonyl (C=O) groups excluding carboxylic acids is 1. The molecule has 0 aliphatic carbocycles. The van der Waals surface area contributed by atoms with Crippen molar-refractivity contribution in [3.63, 3.8) is 0 Å². The molecule has 1 aromatic rings. The van der Waals surface area contributed by atoms with Gasteiger partial charge in [0.15, 0.2) is 6.10 Å². The lowest BCUT2D eigenvalue weighted by Gasteiger charge is -2.23. The average molecular weight is 430 g/mol. The van der Waals surface area contributed by atoms with Crippen LogP contribution in [-0.2, 0) is 19.6 Å². The first-order valence-corrected chi connectivity index (χ1v) is 9.55. The van der Waals surface area contributed by atoms with Crippen molar-refractivity contribution in [3.05, 3.63) is 28.2 Å². The molecule has 2 unspecified atom stereocenters. The van der Waals surface area contributed by atoms with Gasteiger partial charge in [0.1, 0.15) is 0 Å². The molecule has 10 heteroatoms. The third kappa shape index (κ3) is 4.21. The molecule has 0 aromatic heterocycles. The monoisotopic (exact) mass is 429 g/mol. The van der Waals surface area contributed by atoms with Gasteiger partial charge in [-0.2, -0.15) is 13.2 Å². The predicted molar refractivity (Wildman–Crippen MR) is 85.3 cm³/mol. The van der Waals surface area contributed by atoms with E-state index in [1.54, 1.807) is 12.1 Å². The minimum atomic E-state index is -4.73. The van der Waals surface area contributed by atoms with Gasteiger partial charge in [0, 0.05) is 30.3 Å². The summed E-state index contributed by atoms with van der Waals surface area (Å²) in [5, 5.41) is 0. The van der Waals surface area contributed by atoms with Crippen molar-refractivity contribution in [3.8, 4) is 0 Å². The molecule has 2 rings (SSSR count). The lowest BCUT2D eigenvalue weighted by molar-refractivity contribution is -0.222. The molecule has 24 heavy (non-hydrogen) atoms. The highest BCUT2D eigenvalue weighted by Crippen LogP contribution is 2.43. The second-order valence-corrected chi connectivity index (χ2v) is 8.39. The van der Waals surface area contributed by atoms with E-state index >= 15 is 0 Å². The van der Waals surface area contributed by atoms with Crippen LogP contribution >= 0.6 is 15.9 Å². The van der Waals surface area contributed by atoms with E-state index in [0.29, 0.717) is 15.7 Å². The minimum absolute atomic E-state index is 0.127. The summed E-state index contributed by atoms with van der Waals surface area (Å²) in [7, 11) is -3.63. The Bertz CT molecular complexity index is 751. The Labute approximate surface area is 146 Å². The van der Waals surface area contributed by atoms with E-state index < -0.39 is 40.6 Å². The topological polar surface area (TPSA) is 63.7 Å². The van der Waals surface area contributed by atoms with E-state index in [-0.39, 0.29) is 6.54 Å². The first-order valence-electron chi connectivity index (χ1n) is 6.90. The fraction of sp³-hybridized carbons (Fsp3) is 0.500. The predicted octanol–water partition coefficient (Wildman–Crippen LogP) is 3.20. The third-order valence-electron chi connectivity index (χ3n) is 3.66. The first kappa shape index (κ1) is 19.0. The molecule has 1 aromatic carbocycles. The maximum absolute atomic E-state index is 13.1. The molecule has 0 N–H and O–H groups in total. The van der Waals surface area contributed by atoms with Crippen LogP contribution in [0.25, 0.3) is 0 Å². The highest BCUT2D eigenvalue weighted by molar-refractivity contribution is 9.10. The van der Waals surface area contributed by atoms with Crippen molar-refractivity contribution in [1.29, 1.82) is 0 Å². The summed E-state index contributed by atoms with van der Waals surface area (Å²) in [4.78, 5) is 11.0. The molecular weight excluding hydrogens is 415 g/mol. The molecule has 1 aliphatic heterocycles. The van der Waals surface area contributed by atoms with Crippen molar-refractivity contribution in [1.82, 2.24) is 0 Å². The van der Waals surface area contributed by atoms with E-state index in [9.17, 15) is 26.4 Å². The SMILES string of the molecule is CC(=O)OC(CC1CN(S(C)(=O)=O)c2ccc(Br)cc21)C(F)(F)F. The number of esters is 1. The number of anilines is 1. The third-order valence-corrected chi connectivity index (χ3v) is 5.30. The number of rotatable bonds is 4. The summed E-state index contributed by atoms with van der Waals surface area (Å²) in [6.07, 6.45) is -6.56. The van der Waals surface area contributed by atoms with E-state index in [1.165, 1.54) is 6.07 Å². The van der Waals surface area contributed by atoms with Crippen LogP contribution in [0, 0.1) is 0 Å². The molecule has 0 spiro atoms. The number of nitrogens with zero attached hydrogens (tertiary/aromatic N) is 1. The molecule has 0 fully saturated rings. The highest BCUT2D eigenvalue weighted by Gasteiger charge is 2.46. The van der Waals surface area contributed by atoms with Crippen molar-refractivity contribution in [2.45, 2.75) is 31.5 Å². The molecule has 0 radical (unpaired) electrons. The molecule has 0 amide bonds. The van der Waals surface area contributed by atoms with Gasteiger partial charge in [-0.1, -0.05) is 15.9 Å². The van der Waals surface area contributed by atoms with E-state index in [0.717, 1.165) is 17.5 Å². The summed E-state index contributed by atoms with van der Waals surface area (Å²) in [5.74, 6) is -1.78. The number of carbonyl (C=O) groups is 1. The highest BCUT2D eigenvalue weighted by atomic mass is 79.9. The summed E-state index contributed by atoms with van der Waals surface area (Å²) in [6.45, 7) is 0.777. The molecule has 2 atom stereocenters. The van der Waals surface area contributed by atoms with Crippen molar-refractivity contribution >= 4 is 37.6 Å². The standard InChI is InChI=1S/C14H15BrF3NO4S/c1-8(20)23-13(14(16,17)18)5-9-7-19(24(2,21)22)12-4-3-10(15)6-11(9)12/h3-4,6,9,13H,5,7H2,1-2H3. The zero-order valence-electron chi connectivity index (χ0n) is 12.8. The summed E-state index contributed by atoms with van der Waals surface area (Å²) in [6, 6.07) is 4.74. The zero-order chi connectivity index (χ0) is 18.3. The Morgan fingerprint density at radius 1 is 1.46 bits per heavy atom. The minimum Gasteiger partial charge on any atom is -0.453 e. The van der Waals surface area contributed by atoms with Gasteiger partial charge in [-0.25, -0.2) is 8.42 Å². The van der Waals surface area contributed by atoms with Crippen LogP contribution in [0.4, 0.5) is 18.9 Å². The van der Waals surface area contributed by atoms with E-state index in [2.05, 4.69) is 20.7 Å². The number of benzene rings is 1. The van der Waals surface area contributed by atoms with Crippen LogP contribution in [0.2, 0.25) is 0 Å². The summed E-state index contributed by atoms with van der Waals surface area (Å²) >= 11 is 3.23. The zero-order valence-corrected chi connectivity index (χ0v) is 15.2. The fourth-order valence-corrected chi connectivity index (χ4v) is 4.05. The molecule has 5 nitrogen and oxygen atoms in total. The van der Waals surface area contributed by atoms with Crippen molar-refractivity contribution in [2.75, 3.05) is 17.1 Å². The van der Waals surface area contributed by atoms with Crippen LogP contribution in [0.3, 0.4) is 0 Å². The average Bonchev–Trinajstić information content (AvgIpc) is 2.74. The molecular formula is C14H15BrF3NO4S. The van der Waals surface area contributed by atoms with Gasteiger partial charge in [-0.3, -0.25) is 9.10 Å². The quantitative estimate of drug-likeness (QED) is 0.689. The van der Waals surface area contributed by atoms with Crippen LogP contribution in [0.1, 0.15) is 24.8 Å². The van der Waals surface area contributed by atoms with Crippen LogP contribution in [-0.4, -0.2) is 39.5 Å². The Morgan fingerprint density at radius 2 is 2.08 bits per heavy atom. The summed E-state index contributed by atoms with van der Waals surface area (Å²) in [5.41, 5.74) is 0.811. The van der Waals surface area contributed by atoms with Crippen LogP contribution in [0.5, 0.6) is 0 Å². The largest absolute Gasteiger partial charge is 0.453 e. The second-order valence-electron chi connectivity index (χ2n) is 5.57. The van der Waals surface area contributed by atoms with Gasteiger partial charge in [0.2, 0.25) is 10.0 Å². The van der Waals surface area contributed by atoms with Crippen molar-refractivity contribution < 1.29 is 31.1 Å². The molecule has 0 saturated heterocycles.